The van der Waals surface area contributed by atoms with Crippen LogP contribution in [0.15, 0.2) is 33.7 Å². The van der Waals surface area contributed by atoms with Gasteiger partial charge < -0.3 is 14.3 Å². The molecular weight excluding hydrogens is 466 g/mol. The third kappa shape index (κ3) is 4.74. The van der Waals surface area contributed by atoms with E-state index in [0.717, 1.165) is 40.6 Å². The lowest BCUT2D eigenvalue weighted by atomic mass is 9.63. The molecule has 0 unspecified atom stereocenters. The fourth-order valence-electron chi connectivity index (χ4n) is 5.67. The normalized spacial score (nSPS) is 20.7. The smallest absolute Gasteiger partial charge is 0.290 e. The van der Waals surface area contributed by atoms with E-state index in [4.69, 9.17) is 14.1 Å². The summed E-state index contributed by atoms with van der Waals surface area (Å²) in [5.74, 6) is 1.47. The minimum atomic E-state index is -1.06. The summed E-state index contributed by atoms with van der Waals surface area (Å²) < 4.78 is 13.8. The third-order valence-corrected chi connectivity index (χ3v) is 8.01. The molecule has 0 fully saturated rings. The van der Waals surface area contributed by atoms with E-state index < -0.39 is 6.23 Å². The summed E-state index contributed by atoms with van der Waals surface area (Å²) in [5, 5.41) is 16.3. The summed E-state index contributed by atoms with van der Waals surface area (Å²) in [6, 6.07) is 7.88. The number of aryl methyl sites for hydroxylation is 3. The maximum Gasteiger partial charge on any atom is 0.290 e. The van der Waals surface area contributed by atoms with E-state index in [0.29, 0.717) is 11.7 Å². The number of hydrogen-bond acceptors (Lipinski definition) is 7. The molecule has 1 aromatic carbocycles. The van der Waals surface area contributed by atoms with Crippen molar-refractivity contribution in [1.29, 1.82) is 0 Å². The number of fused-ring (bicyclic) bond motifs is 2. The topological polar surface area (TPSA) is 96.8 Å². The standard InChI is InChI=1S/C29H39N5O3/c1-16-13-19-20(29(6,7)12-11-28(19,4)5)15-22(16)37-24-10-9-21(36-24)27(35)32-31-23-14-17(2)25-18(3)33-34(8)26(25)30-23/h9-10,13,15,23,27,31-32,35H,11-12,14H2,1-8H3/t23-,27-/m1/s1. The maximum atomic E-state index is 10.7. The zero-order valence-electron chi connectivity index (χ0n) is 23.2. The summed E-state index contributed by atoms with van der Waals surface area (Å²) in [5.41, 5.74) is 13.1. The first-order valence-electron chi connectivity index (χ1n) is 13.1. The number of nitrogens with zero attached hydrogens (tertiary/aromatic N) is 3. The number of aromatic nitrogens is 2. The second-order valence-corrected chi connectivity index (χ2v) is 11.9. The van der Waals surface area contributed by atoms with Crippen LogP contribution in [0.1, 0.15) is 88.3 Å². The minimum Gasteiger partial charge on any atom is -0.426 e. The van der Waals surface area contributed by atoms with E-state index in [9.17, 15) is 5.11 Å². The van der Waals surface area contributed by atoms with Gasteiger partial charge in [-0.3, -0.25) is 4.68 Å². The first kappa shape index (κ1) is 25.7. The maximum absolute atomic E-state index is 10.7. The predicted molar refractivity (Wildman–Crippen MR) is 143 cm³/mol. The average Bonchev–Trinajstić information content (AvgIpc) is 3.40. The number of nitrogens with one attached hydrogen (secondary N) is 2. The van der Waals surface area contributed by atoms with Gasteiger partial charge in [-0.2, -0.15) is 5.10 Å². The molecular formula is C29H39N5O3. The Morgan fingerprint density at radius 3 is 2.46 bits per heavy atom. The van der Waals surface area contributed by atoms with Crippen molar-refractivity contribution in [1.82, 2.24) is 20.6 Å². The summed E-state index contributed by atoms with van der Waals surface area (Å²) in [7, 11) is 1.89. The van der Waals surface area contributed by atoms with Gasteiger partial charge in [-0.05, 0) is 73.3 Å². The van der Waals surface area contributed by atoms with Crippen LogP contribution in [0, 0.1) is 13.8 Å². The molecule has 0 spiro atoms. The highest BCUT2D eigenvalue weighted by Crippen LogP contribution is 2.48. The lowest BCUT2D eigenvalue weighted by Gasteiger charge is -2.42. The monoisotopic (exact) mass is 505 g/mol. The molecule has 3 heterocycles. The van der Waals surface area contributed by atoms with Crippen LogP contribution in [0.2, 0.25) is 0 Å². The number of rotatable bonds is 6. The molecule has 3 N–H and O–H groups in total. The number of furan rings is 1. The van der Waals surface area contributed by atoms with Crippen molar-refractivity contribution in [3.63, 3.8) is 0 Å². The second-order valence-electron chi connectivity index (χ2n) is 11.9. The molecule has 8 nitrogen and oxygen atoms in total. The van der Waals surface area contributed by atoms with Gasteiger partial charge in [0.2, 0.25) is 0 Å². The highest BCUT2D eigenvalue weighted by molar-refractivity contribution is 5.50. The van der Waals surface area contributed by atoms with Gasteiger partial charge in [-0.1, -0.05) is 39.3 Å². The highest BCUT2D eigenvalue weighted by atomic mass is 16.6. The number of aliphatic hydroxyl groups excluding tert-OH is 1. The summed E-state index contributed by atoms with van der Waals surface area (Å²) in [4.78, 5) is 4.75. The van der Waals surface area contributed by atoms with Crippen LogP contribution in [0.3, 0.4) is 0 Å². The van der Waals surface area contributed by atoms with Gasteiger partial charge in [-0.25, -0.2) is 15.8 Å². The molecule has 2 atom stereocenters. The van der Waals surface area contributed by atoms with E-state index in [1.54, 1.807) is 16.8 Å². The van der Waals surface area contributed by atoms with E-state index >= 15 is 0 Å². The predicted octanol–water partition coefficient (Wildman–Crippen LogP) is 4.08. The first-order chi connectivity index (χ1) is 17.4. The molecule has 8 heteroatoms. The number of aliphatic hydroxyl groups is 1. The number of hydrogen-bond donors (Lipinski definition) is 3. The fourth-order valence-corrected chi connectivity index (χ4v) is 5.67. The Morgan fingerprint density at radius 2 is 1.76 bits per heavy atom. The van der Waals surface area contributed by atoms with Crippen LogP contribution in [0.5, 0.6) is 11.7 Å². The zero-order valence-corrected chi connectivity index (χ0v) is 23.2. The third-order valence-electron chi connectivity index (χ3n) is 8.01. The Bertz CT molecular complexity index is 1460. The number of benzene rings is 1. The van der Waals surface area contributed by atoms with Crippen molar-refractivity contribution >= 4 is 5.57 Å². The lowest BCUT2D eigenvalue weighted by molar-refractivity contribution is 0.0870. The van der Waals surface area contributed by atoms with E-state index in [1.165, 1.54) is 23.1 Å². The molecule has 1 aliphatic carbocycles. The molecule has 2 aliphatic rings. The molecule has 0 radical (unpaired) electrons. The van der Waals surface area contributed by atoms with Crippen molar-refractivity contribution in [2.75, 3.05) is 0 Å². The summed E-state index contributed by atoms with van der Waals surface area (Å²) in [6.45, 7) is 15.4. The van der Waals surface area contributed by atoms with Gasteiger partial charge in [0.25, 0.3) is 5.95 Å². The number of hydrazine groups is 1. The van der Waals surface area contributed by atoms with Gasteiger partial charge in [0.05, 0.1) is 5.69 Å². The van der Waals surface area contributed by atoms with Crippen molar-refractivity contribution in [3.05, 3.63) is 63.1 Å². The second kappa shape index (κ2) is 9.11. The van der Waals surface area contributed by atoms with E-state index in [2.05, 4.69) is 69.6 Å². The van der Waals surface area contributed by atoms with Gasteiger partial charge in [0, 0.05) is 24.8 Å². The summed E-state index contributed by atoms with van der Waals surface area (Å²) >= 11 is 0. The average molecular weight is 506 g/mol. The molecule has 0 amide bonds. The van der Waals surface area contributed by atoms with Crippen molar-refractivity contribution < 1.29 is 14.3 Å². The molecule has 0 saturated carbocycles. The van der Waals surface area contributed by atoms with Crippen LogP contribution >= 0.6 is 0 Å². The Kier molecular flexibility index (Phi) is 6.33. The van der Waals surface area contributed by atoms with Crippen molar-refractivity contribution in [2.45, 2.75) is 91.0 Å². The zero-order chi connectivity index (χ0) is 26.7. The van der Waals surface area contributed by atoms with Crippen LogP contribution in [0.4, 0.5) is 0 Å². The van der Waals surface area contributed by atoms with E-state index in [1.807, 2.05) is 14.0 Å². The Balaban J connectivity index is 1.28. The quantitative estimate of drug-likeness (QED) is 0.345. The molecule has 198 valence electrons. The van der Waals surface area contributed by atoms with Crippen molar-refractivity contribution in [3.8, 4) is 11.7 Å². The van der Waals surface area contributed by atoms with Gasteiger partial charge in [0.1, 0.15) is 11.9 Å². The minimum absolute atomic E-state index is 0.0890. The van der Waals surface area contributed by atoms with Crippen LogP contribution < -0.4 is 26.3 Å². The van der Waals surface area contributed by atoms with Crippen LogP contribution in [-0.2, 0) is 17.9 Å². The van der Waals surface area contributed by atoms with Gasteiger partial charge >= 0.3 is 0 Å². The molecule has 3 aromatic rings. The number of ether oxygens (including phenoxy) is 1. The Morgan fingerprint density at radius 1 is 1.08 bits per heavy atom. The molecule has 1 aliphatic heterocycles. The highest BCUT2D eigenvalue weighted by Gasteiger charge is 2.37. The van der Waals surface area contributed by atoms with Gasteiger partial charge in [-0.15, -0.1) is 0 Å². The Labute approximate surface area is 218 Å². The SMILES string of the molecule is CC1=c2c(C)nn(C)c2=N[C@H](NN[C@H](O)c2ccc(Oc3cc4c(cc3C)C(C)(C)CCC4(C)C)o2)C1. The molecule has 37 heavy (non-hydrogen) atoms. The first-order valence-corrected chi connectivity index (χ1v) is 13.1. The van der Waals surface area contributed by atoms with Crippen molar-refractivity contribution in [2.24, 2.45) is 12.0 Å². The molecule has 0 bridgehead atoms. The lowest BCUT2D eigenvalue weighted by Crippen LogP contribution is -2.47. The van der Waals surface area contributed by atoms with E-state index in [-0.39, 0.29) is 17.0 Å². The van der Waals surface area contributed by atoms with Gasteiger partial charge in [0.15, 0.2) is 17.5 Å². The molecule has 5 rings (SSSR count). The van der Waals surface area contributed by atoms with Crippen LogP contribution in [0.25, 0.3) is 5.57 Å². The van der Waals surface area contributed by atoms with Crippen LogP contribution in [-0.4, -0.2) is 21.1 Å². The fraction of sp³-hybridized carbons (Fsp3) is 0.517. The summed E-state index contributed by atoms with van der Waals surface area (Å²) in [6.07, 6.45) is 1.73. The largest absolute Gasteiger partial charge is 0.426 e. The molecule has 0 saturated heterocycles. The Hall–Kier alpha value is -2.94. The molecule has 2 aromatic heterocycles.